The van der Waals surface area contributed by atoms with Crippen molar-refractivity contribution in [3.63, 3.8) is 0 Å². The van der Waals surface area contributed by atoms with Crippen molar-refractivity contribution in [3.8, 4) is 5.75 Å². The van der Waals surface area contributed by atoms with E-state index in [2.05, 4.69) is 19.9 Å². The Kier molecular flexibility index (Phi) is 4.83. The average molecular weight is 221 g/mol. The molecule has 0 spiro atoms. The van der Waals surface area contributed by atoms with Gasteiger partial charge in [0.2, 0.25) is 0 Å². The summed E-state index contributed by atoms with van der Waals surface area (Å²) in [6.45, 7) is 4.18. The van der Waals surface area contributed by atoms with Crippen LogP contribution in [0.15, 0.2) is 18.2 Å². The summed E-state index contributed by atoms with van der Waals surface area (Å²) in [5, 5.41) is 0. The highest BCUT2D eigenvalue weighted by molar-refractivity contribution is 5.75. The van der Waals surface area contributed by atoms with Crippen LogP contribution in [0.5, 0.6) is 5.75 Å². The fraction of sp³-hybridized carbons (Fsp3) is 0.462. The third-order valence-corrected chi connectivity index (χ3v) is 2.35. The molecule has 0 saturated carbocycles. The lowest BCUT2D eigenvalue weighted by Crippen LogP contribution is -2.20. The van der Waals surface area contributed by atoms with Crippen LogP contribution < -0.4 is 10.5 Å². The SMILES string of the molecule is CCCc1cc(CC)cc(OCC(N)=O)c1. The minimum atomic E-state index is -0.445. The third kappa shape index (κ3) is 3.93. The maximum atomic E-state index is 10.6. The molecule has 0 saturated heterocycles. The number of benzene rings is 1. The van der Waals surface area contributed by atoms with E-state index in [1.165, 1.54) is 11.1 Å². The zero-order chi connectivity index (χ0) is 12.0. The van der Waals surface area contributed by atoms with Gasteiger partial charge in [-0.25, -0.2) is 0 Å². The lowest BCUT2D eigenvalue weighted by Gasteiger charge is -2.09. The highest BCUT2D eigenvalue weighted by Crippen LogP contribution is 2.19. The molecule has 0 radical (unpaired) electrons. The molecule has 0 aliphatic rings. The Hall–Kier alpha value is -1.51. The Labute approximate surface area is 96.6 Å². The maximum absolute atomic E-state index is 10.6. The molecule has 0 aromatic heterocycles. The van der Waals surface area contributed by atoms with Crippen LogP contribution in [-0.2, 0) is 17.6 Å². The third-order valence-electron chi connectivity index (χ3n) is 2.35. The van der Waals surface area contributed by atoms with Crippen LogP contribution in [0.3, 0.4) is 0 Å². The number of primary amides is 1. The Bertz CT molecular complexity index is 361. The highest BCUT2D eigenvalue weighted by Gasteiger charge is 2.02. The molecule has 1 aromatic carbocycles. The Morgan fingerprint density at radius 3 is 2.50 bits per heavy atom. The van der Waals surface area contributed by atoms with Gasteiger partial charge in [0.1, 0.15) is 5.75 Å². The number of hydrogen-bond donors (Lipinski definition) is 1. The van der Waals surface area contributed by atoms with Crippen molar-refractivity contribution in [3.05, 3.63) is 29.3 Å². The monoisotopic (exact) mass is 221 g/mol. The first-order valence-electron chi connectivity index (χ1n) is 5.69. The standard InChI is InChI=1S/C13H19NO2/c1-3-5-11-6-10(4-2)7-12(8-11)16-9-13(14)15/h6-8H,3-5,9H2,1-2H3,(H2,14,15). The Balaban J connectivity index is 2.81. The van der Waals surface area contributed by atoms with E-state index in [4.69, 9.17) is 10.5 Å². The van der Waals surface area contributed by atoms with E-state index in [0.717, 1.165) is 25.0 Å². The molecule has 0 aliphatic heterocycles. The number of carbonyl (C=O) groups is 1. The molecule has 0 heterocycles. The topological polar surface area (TPSA) is 52.3 Å². The minimum absolute atomic E-state index is 0.0568. The predicted molar refractivity (Wildman–Crippen MR) is 64.5 cm³/mol. The summed E-state index contributed by atoms with van der Waals surface area (Å²) in [6, 6.07) is 6.12. The van der Waals surface area contributed by atoms with Crippen molar-refractivity contribution in [2.45, 2.75) is 33.1 Å². The van der Waals surface area contributed by atoms with Crippen LogP contribution in [0.2, 0.25) is 0 Å². The van der Waals surface area contributed by atoms with Gasteiger partial charge in [-0.05, 0) is 36.1 Å². The molecule has 1 amide bonds. The molecule has 16 heavy (non-hydrogen) atoms. The summed E-state index contributed by atoms with van der Waals surface area (Å²) < 4.78 is 5.32. The van der Waals surface area contributed by atoms with Gasteiger partial charge < -0.3 is 10.5 Å². The van der Waals surface area contributed by atoms with Crippen molar-refractivity contribution in [2.75, 3.05) is 6.61 Å². The van der Waals surface area contributed by atoms with Gasteiger partial charge in [-0.15, -0.1) is 0 Å². The molecule has 1 rings (SSSR count). The molecule has 88 valence electrons. The van der Waals surface area contributed by atoms with Crippen LogP contribution in [-0.4, -0.2) is 12.5 Å². The summed E-state index contributed by atoms with van der Waals surface area (Å²) in [7, 11) is 0. The normalized spacial score (nSPS) is 10.1. The van der Waals surface area contributed by atoms with Crippen LogP contribution in [0.25, 0.3) is 0 Å². The lowest BCUT2D eigenvalue weighted by molar-refractivity contribution is -0.119. The Morgan fingerprint density at radius 2 is 1.94 bits per heavy atom. The van der Waals surface area contributed by atoms with E-state index < -0.39 is 5.91 Å². The highest BCUT2D eigenvalue weighted by atomic mass is 16.5. The van der Waals surface area contributed by atoms with E-state index >= 15 is 0 Å². The van der Waals surface area contributed by atoms with E-state index in [9.17, 15) is 4.79 Å². The second-order valence-corrected chi connectivity index (χ2v) is 3.84. The van der Waals surface area contributed by atoms with Crippen molar-refractivity contribution < 1.29 is 9.53 Å². The molecule has 0 atom stereocenters. The zero-order valence-electron chi connectivity index (χ0n) is 9.95. The largest absolute Gasteiger partial charge is 0.484 e. The van der Waals surface area contributed by atoms with Gasteiger partial charge in [-0.1, -0.05) is 26.3 Å². The van der Waals surface area contributed by atoms with Gasteiger partial charge in [0.05, 0.1) is 0 Å². The smallest absolute Gasteiger partial charge is 0.255 e. The molecule has 0 aliphatic carbocycles. The van der Waals surface area contributed by atoms with Crippen molar-refractivity contribution >= 4 is 5.91 Å². The number of aryl methyl sites for hydroxylation is 2. The molecule has 3 heteroatoms. The van der Waals surface area contributed by atoms with Crippen molar-refractivity contribution in [1.82, 2.24) is 0 Å². The molecular weight excluding hydrogens is 202 g/mol. The zero-order valence-corrected chi connectivity index (χ0v) is 9.95. The number of hydrogen-bond acceptors (Lipinski definition) is 2. The average Bonchev–Trinajstić information content (AvgIpc) is 2.26. The van der Waals surface area contributed by atoms with E-state index in [1.807, 2.05) is 12.1 Å². The van der Waals surface area contributed by atoms with Gasteiger partial charge in [0, 0.05) is 0 Å². The Morgan fingerprint density at radius 1 is 1.25 bits per heavy atom. The quantitative estimate of drug-likeness (QED) is 0.799. The first-order valence-corrected chi connectivity index (χ1v) is 5.69. The molecule has 0 bridgehead atoms. The summed E-state index contributed by atoms with van der Waals surface area (Å²) in [6.07, 6.45) is 3.09. The van der Waals surface area contributed by atoms with Crippen LogP contribution in [0.1, 0.15) is 31.4 Å². The number of rotatable bonds is 6. The number of nitrogens with two attached hydrogens (primary N) is 1. The van der Waals surface area contributed by atoms with E-state index in [-0.39, 0.29) is 6.61 Å². The first-order chi connectivity index (χ1) is 7.65. The van der Waals surface area contributed by atoms with Crippen molar-refractivity contribution in [1.29, 1.82) is 0 Å². The van der Waals surface area contributed by atoms with Crippen molar-refractivity contribution in [2.24, 2.45) is 5.73 Å². The molecular formula is C13H19NO2. The number of ether oxygens (including phenoxy) is 1. The van der Waals surface area contributed by atoms with Crippen LogP contribution in [0.4, 0.5) is 0 Å². The van der Waals surface area contributed by atoms with Gasteiger partial charge in [-0.3, -0.25) is 4.79 Å². The number of amides is 1. The van der Waals surface area contributed by atoms with Crippen LogP contribution >= 0.6 is 0 Å². The fourth-order valence-corrected chi connectivity index (χ4v) is 1.60. The molecule has 3 nitrogen and oxygen atoms in total. The minimum Gasteiger partial charge on any atom is -0.484 e. The second kappa shape index (κ2) is 6.16. The second-order valence-electron chi connectivity index (χ2n) is 3.84. The van der Waals surface area contributed by atoms with Gasteiger partial charge in [0.25, 0.3) is 5.91 Å². The van der Waals surface area contributed by atoms with E-state index in [0.29, 0.717) is 0 Å². The van der Waals surface area contributed by atoms with Crippen LogP contribution in [0, 0.1) is 0 Å². The molecule has 0 unspecified atom stereocenters. The first kappa shape index (κ1) is 12.6. The molecule has 0 fully saturated rings. The van der Waals surface area contributed by atoms with E-state index in [1.54, 1.807) is 0 Å². The summed E-state index contributed by atoms with van der Waals surface area (Å²) in [5.74, 6) is 0.292. The lowest BCUT2D eigenvalue weighted by atomic mass is 10.0. The molecule has 2 N–H and O–H groups in total. The van der Waals surface area contributed by atoms with Gasteiger partial charge >= 0.3 is 0 Å². The molecule has 1 aromatic rings. The predicted octanol–water partition coefficient (Wildman–Crippen LogP) is 2.07. The van der Waals surface area contributed by atoms with Gasteiger partial charge in [-0.2, -0.15) is 0 Å². The number of carbonyl (C=O) groups excluding carboxylic acids is 1. The summed E-state index contributed by atoms with van der Waals surface area (Å²) in [5.41, 5.74) is 7.52. The maximum Gasteiger partial charge on any atom is 0.255 e. The fourth-order valence-electron chi connectivity index (χ4n) is 1.60. The summed E-state index contributed by atoms with van der Waals surface area (Å²) in [4.78, 5) is 10.6. The summed E-state index contributed by atoms with van der Waals surface area (Å²) >= 11 is 0. The van der Waals surface area contributed by atoms with Gasteiger partial charge in [0.15, 0.2) is 6.61 Å².